The van der Waals surface area contributed by atoms with E-state index in [2.05, 4.69) is 0 Å². The van der Waals surface area contributed by atoms with Gasteiger partial charge in [-0.1, -0.05) is 0 Å². The first kappa shape index (κ1) is 16.9. The summed E-state index contributed by atoms with van der Waals surface area (Å²) < 4.78 is 10.3. The lowest BCUT2D eigenvalue weighted by Gasteiger charge is -2.41. The fourth-order valence-electron chi connectivity index (χ4n) is 2.37. The van der Waals surface area contributed by atoms with E-state index in [9.17, 15) is 9.59 Å². The molecule has 0 amide bonds. The van der Waals surface area contributed by atoms with E-state index < -0.39 is 29.1 Å². The van der Waals surface area contributed by atoms with Gasteiger partial charge >= 0.3 is 11.9 Å². The molecule has 0 spiro atoms. The summed E-state index contributed by atoms with van der Waals surface area (Å²) in [6, 6.07) is -0.511. The van der Waals surface area contributed by atoms with E-state index in [0.29, 0.717) is 19.4 Å². The number of rotatable bonds is 3. The quantitative estimate of drug-likeness (QED) is 0.741. The van der Waals surface area contributed by atoms with E-state index in [-0.39, 0.29) is 12.4 Å². The second-order valence-electron chi connectivity index (χ2n) is 6.38. The van der Waals surface area contributed by atoms with E-state index in [1.165, 1.54) is 0 Å². The molecule has 0 aromatic heterocycles. The van der Waals surface area contributed by atoms with Crippen molar-refractivity contribution < 1.29 is 19.1 Å². The maximum Gasteiger partial charge on any atom is 0.328 e. The van der Waals surface area contributed by atoms with Crippen LogP contribution in [0.4, 0.5) is 0 Å². The minimum atomic E-state index is -1.33. The van der Waals surface area contributed by atoms with Crippen molar-refractivity contribution in [3.63, 3.8) is 0 Å². The first-order valence-corrected chi connectivity index (χ1v) is 7.04. The van der Waals surface area contributed by atoms with Gasteiger partial charge in [0.15, 0.2) is 0 Å². The molecule has 1 rings (SSSR count). The molecule has 1 saturated carbocycles. The van der Waals surface area contributed by atoms with Crippen molar-refractivity contribution in [3.8, 4) is 0 Å². The Balaban J connectivity index is 2.84. The Hall–Kier alpha value is -1.14. The average Bonchev–Trinajstić information content (AvgIpc) is 2.30. The third kappa shape index (κ3) is 3.93. The van der Waals surface area contributed by atoms with Gasteiger partial charge in [0.25, 0.3) is 0 Å². The predicted octanol–water partition coefficient (Wildman–Crippen LogP) is 0.716. The van der Waals surface area contributed by atoms with Gasteiger partial charge in [-0.05, 0) is 47.0 Å². The summed E-state index contributed by atoms with van der Waals surface area (Å²) in [6.07, 6.45) is 1.25. The van der Waals surface area contributed by atoms with Crippen molar-refractivity contribution in [2.24, 2.45) is 17.4 Å². The van der Waals surface area contributed by atoms with Crippen LogP contribution in [0, 0.1) is 5.92 Å². The maximum absolute atomic E-state index is 12.3. The molecule has 1 fully saturated rings. The van der Waals surface area contributed by atoms with Crippen molar-refractivity contribution in [1.29, 1.82) is 0 Å². The number of carbonyl (C=O) groups is 2. The molecular formula is C14H26N2O4. The molecule has 0 aromatic carbocycles. The average molecular weight is 286 g/mol. The molecule has 0 heterocycles. The Morgan fingerprint density at radius 2 is 1.90 bits per heavy atom. The summed E-state index contributed by atoms with van der Waals surface area (Å²) in [4.78, 5) is 24.1. The number of carbonyl (C=O) groups excluding carboxylic acids is 2. The van der Waals surface area contributed by atoms with Gasteiger partial charge in [-0.2, -0.15) is 0 Å². The molecule has 20 heavy (non-hydrogen) atoms. The normalized spacial score (nSPS) is 30.7. The highest BCUT2D eigenvalue weighted by Crippen LogP contribution is 2.32. The molecule has 3 unspecified atom stereocenters. The molecule has 1 aliphatic carbocycles. The van der Waals surface area contributed by atoms with Crippen LogP contribution in [0.3, 0.4) is 0 Å². The second kappa shape index (κ2) is 6.10. The summed E-state index contributed by atoms with van der Waals surface area (Å²) in [5.41, 5.74) is 10.2. The zero-order chi connectivity index (χ0) is 15.6. The Morgan fingerprint density at radius 3 is 2.40 bits per heavy atom. The van der Waals surface area contributed by atoms with Crippen LogP contribution >= 0.6 is 0 Å². The fourth-order valence-corrected chi connectivity index (χ4v) is 2.37. The largest absolute Gasteiger partial charge is 0.466 e. The summed E-state index contributed by atoms with van der Waals surface area (Å²) >= 11 is 0. The van der Waals surface area contributed by atoms with E-state index in [1.54, 1.807) is 27.7 Å². The molecule has 4 N–H and O–H groups in total. The van der Waals surface area contributed by atoms with Crippen LogP contribution < -0.4 is 11.5 Å². The Bertz CT molecular complexity index is 378. The Kier molecular flexibility index (Phi) is 5.15. The van der Waals surface area contributed by atoms with E-state index in [0.717, 1.165) is 0 Å². The van der Waals surface area contributed by atoms with Crippen LogP contribution in [0.15, 0.2) is 0 Å². The highest BCUT2D eigenvalue weighted by Gasteiger charge is 2.49. The highest BCUT2D eigenvalue weighted by atomic mass is 16.6. The second-order valence-corrected chi connectivity index (χ2v) is 6.38. The number of hydrogen-bond acceptors (Lipinski definition) is 6. The van der Waals surface area contributed by atoms with Gasteiger partial charge < -0.3 is 20.9 Å². The third-order valence-corrected chi connectivity index (χ3v) is 3.47. The molecule has 0 bridgehead atoms. The Labute approximate surface area is 120 Å². The first-order chi connectivity index (χ1) is 9.10. The van der Waals surface area contributed by atoms with Crippen molar-refractivity contribution in [1.82, 2.24) is 0 Å². The van der Waals surface area contributed by atoms with Gasteiger partial charge in [-0.15, -0.1) is 0 Å². The lowest BCUT2D eigenvalue weighted by molar-refractivity contribution is -0.166. The van der Waals surface area contributed by atoms with Gasteiger partial charge in [0.05, 0.1) is 12.5 Å². The van der Waals surface area contributed by atoms with Gasteiger partial charge in [0.2, 0.25) is 0 Å². The number of hydrogen-bond donors (Lipinski definition) is 2. The molecule has 1 aliphatic rings. The van der Waals surface area contributed by atoms with Gasteiger partial charge in [-0.3, -0.25) is 4.79 Å². The molecule has 116 valence electrons. The minimum absolute atomic E-state index is 0.169. The lowest BCUT2D eigenvalue weighted by Crippen LogP contribution is -2.65. The molecule has 0 radical (unpaired) electrons. The van der Waals surface area contributed by atoms with Crippen LogP contribution in [0.5, 0.6) is 0 Å². The summed E-state index contributed by atoms with van der Waals surface area (Å²) in [5.74, 6) is -1.27. The predicted molar refractivity (Wildman–Crippen MR) is 74.7 cm³/mol. The number of esters is 2. The van der Waals surface area contributed by atoms with Crippen LogP contribution in [0.1, 0.15) is 47.0 Å². The minimum Gasteiger partial charge on any atom is -0.466 e. The van der Waals surface area contributed by atoms with Crippen LogP contribution in [-0.2, 0) is 19.1 Å². The number of ether oxygens (including phenoxy) is 2. The molecule has 6 heteroatoms. The smallest absolute Gasteiger partial charge is 0.328 e. The third-order valence-electron chi connectivity index (χ3n) is 3.47. The summed E-state index contributed by atoms with van der Waals surface area (Å²) in [5, 5.41) is 0. The van der Waals surface area contributed by atoms with Crippen molar-refractivity contribution in [3.05, 3.63) is 0 Å². The zero-order valence-corrected chi connectivity index (χ0v) is 12.8. The van der Waals surface area contributed by atoms with Crippen LogP contribution in [0.25, 0.3) is 0 Å². The summed E-state index contributed by atoms with van der Waals surface area (Å²) in [7, 11) is 0. The Morgan fingerprint density at radius 1 is 1.30 bits per heavy atom. The SMILES string of the molecule is CCOC(=O)C1CCC(N)C(N)(C(=O)OC(C)(C)C)C1. The molecule has 6 nitrogen and oxygen atoms in total. The monoisotopic (exact) mass is 286 g/mol. The van der Waals surface area contributed by atoms with Crippen LogP contribution in [-0.4, -0.2) is 35.7 Å². The van der Waals surface area contributed by atoms with Gasteiger partial charge in [0.1, 0.15) is 11.1 Å². The van der Waals surface area contributed by atoms with Crippen molar-refractivity contribution in [2.75, 3.05) is 6.61 Å². The summed E-state index contributed by atoms with van der Waals surface area (Å²) in [6.45, 7) is 7.36. The van der Waals surface area contributed by atoms with E-state index in [4.69, 9.17) is 20.9 Å². The zero-order valence-electron chi connectivity index (χ0n) is 12.8. The topological polar surface area (TPSA) is 105 Å². The molecule has 0 saturated heterocycles. The maximum atomic E-state index is 12.3. The van der Waals surface area contributed by atoms with E-state index >= 15 is 0 Å². The highest BCUT2D eigenvalue weighted by molar-refractivity contribution is 5.84. The fraction of sp³-hybridized carbons (Fsp3) is 0.857. The molecular weight excluding hydrogens is 260 g/mol. The van der Waals surface area contributed by atoms with Crippen LogP contribution in [0.2, 0.25) is 0 Å². The van der Waals surface area contributed by atoms with Gasteiger partial charge in [-0.25, -0.2) is 4.79 Å². The molecule has 0 aliphatic heterocycles. The van der Waals surface area contributed by atoms with Crippen molar-refractivity contribution >= 4 is 11.9 Å². The number of nitrogens with two attached hydrogens (primary N) is 2. The first-order valence-electron chi connectivity index (χ1n) is 7.04. The molecule has 3 atom stereocenters. The van der Waals surface area contributed by atoms with Gasteiger partial charge in [0, 0.05) is 6.04 Å². The standard InChI is InChI=1S/C14H26N2O4/c1-5-19-11(17)9-6-7-10(15)14(16,8-9)12(18)20-13(2,3)4/h9-10H,5-8,15-16H2,1-4H3. The van der Waals surface area contributed by atoms with Crippen molar-refractivity contribution in [2.45, 2.75) is 64.1 Å². The van der Waals surface area contributed by atoms with E-state index in [1.807, 2.05) is 0 Å². The molecule has 0 aromatic rings. The lowest BCUT2D eigenvalue weighted by atomic mass is 9.73.